The number of hydrogen-bond donors (Lipinski definition) is 2. The number of aliphatic hydroxyl groups is 1. The number of β-amino-alcohol motifs (C(OH)–C–C–N with tert-alkyl or cyclic N) is 1. The van der Waals surface area contributed by atoms with Crippen LogP contribution in [0.4, 0.5) is 0 Å². The first-order chi connectivity index (χ1) is 9.58. The Morgan fingerprint density at radius 3 is 2.60 bits per heavy atom. The SMILES string of the molecule is NC(CCC(=O)N1CC(O)(C2CC2)C1)c1ccccc1. The summed E-state index contributed by atoms with van der Waals surface area (Å²) in [7, 11) is 0. The molecule has 0 bridgehead atoms. The minimum atomic E-state index is -0.586. The maximum absolute atomic E-state index is 12.1. The van der Waals surface area contributed by atoms with Gasteiger partial charge in [0.2, 0.25) is 5.91 Å². The number of nitrogens with two attached hydrogens (primary N) is 1. The Morgan fingerprint density at radius 1 is 1.35 bits per heavy atom. The molecule has 0 spiro atoms. The Labute approximate surface area is 119 Å². The fourth-order valence-corrected chi connectivity index (χ4v) is 2.97. The zero-order valence-corrected chi connectivity index (χ0v) is 11.7. The summed E-state index contributed by atoms with van der Waals surface area (Å²) in [5.41, 5.74) is 6.58. The molecule has 4 nitrogen and oxygen atoms in total. The lowest BCUT2D eigenvalue weighted by molar-refractivity contribution is -0.159. The molecule has 1 amide bonds. The first kappa shape index (κ1) is 13.6. The van der Waals surface area contributed by atoms with Gasteiger partial charge in [0.25, 0.3) is 0 Å². The monoisotopic (exact) mass is 274 g/mol. The topological polar surface area (TPSA) is 66.6 Å². The van der Waals surface area contributed by atoms with Gasteiger partial charge < -0.3 is 15.7 Å². The number of rotatable bonds is 5. The van der Waals surface area contributed by atoms with Crippen LogP contribution in [-0.4, -0.2) is 34.6 Å². The molecule has 3 N–H and O–H groups in total. The van der Waals surface area contributed by atoms with Crippen molar-refractivity contribution in [2.24, 2.45) is 11.7 Å². The number of benzene rings is 1. The summed E-state index contributed by atoms with van der Waals surface area (Å²) in [4.78, 5) is 13.8. The molecule has 1 aliphatic carbocycles. The maximum atomic E-state index is 12.1. The van der Waals surface area contributed by atoms with Crippen molar-refractivity contribution >= 4 is 5.91 Å². The van der Waals surface area contributed by atoms with Crippen molar-refractivity contribution in [2.45, 2.75) is 37.3 Å². The van der Waals surface area contributed by atoms with Crippen molar-refractivity contribution in [3.63, 3.8) is 0 Å². The van der Waals surface area contributed by atoms with Crippen LogP contribution in [0.5, 0.6) is 0 Å². The second-order valence-electron chi connectivity index (χ2n) is 6.18. The van der Waals surface area contributed by atoms with Crippen molar-refractivity contribution < 1.29 is 9.90 Å². The highest BCUT2D eigenvalue weighted by molar-refractivity contribution is 5.77. The number of carbonyl (C=O) groups is 1. The first-order valence-electron chi connectivity index (χ1n) is 7.39. The Bertz CT molecular complexity index is 479. The third-order valence-corrected chi connectivity index (χ3v) is 4.52. The molecule has 1 aliphatic heterocycles. The molecule has 1 aromatic rings. The third-order valence-electron chi connectivity index (χ3n) is 4.52. The molecule has 1 aromatic carbocycles. The normalized spacial score (nSPS) is 22.2. The molecular formula is C16H22N2O2. The van der Waals surface area contributed by atoms with Crippen molar-refractivity contribution in [3.05, 3.63) is 35.9 Å². The molecule has 1 unspecified atom stereocenters. The molecule has 1 heterocycles. The highest BCUT2D eigenvalue weighted by atomic mass is 16.3. The number of likely N-dealkylation sites (tertiary alicyclic amines) is 1. The Morgan fingerprint density at radius 2 is 2.00 bits per heavy atom. The Balaban J connectivity index is 1.44. The van der Waals surface area contributed by atoms with Crippen LogP contribution in [-0.2, 0) is 4.79 Å². The van der Waals surface area contributed by atoms with Crippen LogP contribution in [0, 0.1) is 5.92 Å². The fraction of sp³-hybridized carbons (Fsp3) is 0.562. The van der Waals surface area contributed by atoms with Gasteiger partial charge in [0.1, 0.15) is 5.60 Å². The average Bonchev–Trinajstić information content (AvgIpc) is 3.26. The van der Waals surface area contributed by atoms with Gasteiger partial charge in [-0.15, -0.1) is 0 Å². The molecule has 108 valence electrons. The van der Waals surface area contributed by atoms with Crippen LogP contribution in [0.1, 0.15) is 37.3 Å². The van der Waals surface area contributed by atoms with E-state index in [1.807, 2.05) is 30.3 Å². The molecule has 2 fully saturated rings. The van der Waals surface area contributed by atoms with E-state index in [1.165, 1.54) is 0 Å². The van der Waals surface area contributed by atoms with Gasteiger partial charge in [0.15, 0.2) is 0 Å². The predicted octanol–water partition coefficient (Wildman–Crippen LogP) is 1.45. The smallest absolute Gasteiger partial charge is 0.222 e. The molecule has 1 atom stereocenters. The van der Waals surface area contributed by atoms with Crippen LogP contribution >= 0.6 is 0 Å². The zero-order chi connectivity index (χ0) is 14.2. The summed E-state index contributed by atoms with van der Waals surface area (Å²) in [5, 5.41) is 10.2. The van der Waals surface area contributed by atoms with Crippen molar-refractivity contribution in [1.82, 2.24) is 4.90 Å². The molecule has 0 aromatic heterocycles. The van der Waals surface area contributed by atoms with Gasteiger partial charge >= 0.3 is 0 Å². The summed E-state index contributed by atoms with van der Waals surface area (Å²) in [5.74, 6) is 0.542. The van der Waals surface area contributed by atoms with Gasteiger partial charge in [-0.05, 0) is 30.7 Å². The van der Waals surface area contributed by atoms with E-state index < -0.39 is 5.60 Å². The van der Waals surface area contributed by atoms with Gasteiger partial charge in [0, 0.05) is 12.5 Å². The van der Waals surface area contributed by atoms with Crippen LogP contribution in [0.3, 0.4) is 0 Å². The maximum Gasteiger partial charge on any atom is 0.222 e. The number of carbonyl (C=O) groups excluding carboxylic acids is 1. The highest BCUT2D eigenvalue weighted by Crippen LogP contribution is 2.44. The Hall–Kier alpha value is -1.39. The zero-order valence-electron chi connectivity index (χ0n) is 11.7. The minimum Gasteiger partial charge on any atom is -0.386 e. The lowest BCUT2D eigenvalue weighted by atomic mass is 9.88. The second-order valence-corrected chi connectivity index (χ2v) is 6.18. The van der Waals surface area contributed by atoms with E-state index in [2.05, 4.69) is 0 Å². The van der Waals surface area contributed by atoms with Crippen LogP contribution < -0.4 is 5.73 Å². The van der Waals surface area contributed by atoms with Gasteiger partial charge in [-0.1, -0.05) is 30.3 Å². The Kier molecular flexibility index (Phi) is 3.52. The van der Waals surface area contributed by atoms with Gasteiger partial charge in [-0.2, -0.15) is 0 Å². The summed E-state index contributed by atoms with van der Waals surface area (Å²) in [6.07, 6.45) is 3.33. The third kappa shape index (κ3) is 2.72. The quantitative estimate of drug-likeness (QED) is 0.854. The van der Waals surface area contributed by atoms with Gasteiger partial charge in [0.05, 0.1) is 13.1 Å². The fourth-order valence-electron chi connectivity index (χ4n) is 2.97. The van der Waals surface area contributed by atoms with E-state index in [0.29, 0.717) is 31.8 Å². The number of amides is 1. The second kappa shape index (κ2) is 5.19. The molecule has 20 heavy (non-hydrogen) atoms. The number of hydrogen-bond acceptors (Lipinski definition) is 3. The van der Waals surface area contributed by atoms with E-state index in [0.717, 1.165) is 18.4 Å². The summed E-state index contributed by atoms with van der Waals surface area (Å²) >= 11 is 0. The molecule has 4 heteroatoms. The van der Waals surface area contributed by atoms with Gasteiger partial charge in [-0.3, -0.25) is 4.79 Å². The molecule has 0 radical (unpaired) electrons. The van der Waals surface area contributed by atoms with E-state index >= 15 is 0 Å². The standard InChI is InChI=1S/C16H22N2O2/c17-14(12-4-2-1-3-5-12)8-9-15(19)18-10-16(20,11-18)13-6-7-13/h1-5,13-14,20H,6-11,17H2. The molecule has 1 saturated carbocycles. The highest BCUT2D eigenvalue weighted by Gasteiger charge is 2.52. The van der Waals surface area contributed by atoms with E-state index in [-0.39, 0.29) is 11.9 Å². The van der Waals surface area contributed by atoms with Gasteiger partial charge in [-0.25, -0.2) is 0 Å². The summed E-state index contributed by atoms with van der Waals surface area (Å²) < 4.78 is 0. The predicted molar refractivity (Wildman–Crippen MR) is 76.9 cm³/mol. The molecule has 3 rings (SSSR count). The van der Waals surface area contributed by atoms with Crippen molar-refractivity contribution in [1.29, 1.82) is 0 Å². The van der Waals surface area contributed by atoms with Crippen molar-refractivity contribution in [2.75, 3.05) is 13.1 Å². The van der Waals surface area contributed by atoms with Crippen molar-refractivity contribution in [3.8, 4) is 0 Å². The van der Waals surface area contributed by atoms with E-state index in [9.17, 15) is 9.90 Å². The summed E-state index contributed by atoms with van der Waals surface area (Å²) in [6.45, 7) is 1.02. The molecular weight excluding hydrogens is 252 g/mol. The van der Waals surface area contributed by atoms with Crippen LogP contribution in [0.2, 0.25) is 0 Å². The summed E-state index contributed by atoms with van der Waals surface area (Å²) in [6, 6.07) is 9.77. The molecule has 1 saturated heterocycles. The largest absolute Gasteiger partial charge is 0.386 e. The average molecular weight is 274 g/mol. The van der Waals surface area contributed by atoms with Crippen LogP contribution in [0.15, 0.2) is 30.3 Å². The van der Waals surface area contributed by atoms with Crippen LogP contribution in [0.25, 0.3) is 0 Å². The lowest BCUT2D eigenvalue weighted by Gasteiger charge is -2.47. The molecule has 2 aliphatic rings. The minimum absolute atomic E-state index is 0.0938. The van der Waals surface area contributed by atoms with E-state index in [4.69, 9.17) is 5.73 Å². The lowest BCUT2D eigenvalue weighted by Crippen LogP contribution is -2.64. The van der Waals surface area contributed by atoms with E-state index in [1.54, 1.807) is 4.90 Å². The first-order valence-corrected chi connectivity index (χ1v) is 7.39. The number of nitrogens with zero attached hydrogens (tertiary/aromatic N) is 1.